The molecule has 4 aromatic rings. The highest BCUT2D eigenvalue weighted by molar-refractivity contribution is 5.95. The van der Waals surface area contributed by atoms with E-state index in [2.05, 4.69) is 76.2 Å². The first kappa shape index (κ1) is 36.7. The maximum absolute atomic E-state index is 13.6. The summed E-state index contributed by atoms with van der Waals surface area (Å²) in [5.74, 6) is 0.115. The van der Waals surface area contributed by atoms with Gasteiger partial charge >= 0.3 is 11.9 Å². The van der Waals surface area contributed by atoms with Gasteiger partial charge in [-0.2, -0.15) is 0 Å². The second-order valence-electron chi connectivity index (χ2n) is 13.3. The van der Waals surface area contributed by atoms with E-state index in [1.54, 1.807) is 0 Å². The SMILES string of the molecule is CCCCCCOc1ccc(C2(c3ccc(OCCCCCC)c(C(=O)OCC)c3)c3cc(C)ccc3-c3ccc(C)cc32)cc1C(=O)OC. The molecule has 0 N–H and O–H groups in total. The van der Waals surface area contributed by atoms with E-state index in [-0.39, 0.29) is 6.61 Å². The first-order valence-corrected chi connectivity index (χ1v) is 18.3. The number of esters is 2. The zero-order valence-electron chi connectivity index (χ0n) is 30.7. The van der Waals surface area contributed by atoms with E-state index >= 15 is 0 Å². The number of carbonyl (C=O) groups is 2. The number of hydrogen-bond acceptors (Lipinski definition) is 6. The Morgan fingerprint density at radius 3 is 1.50 bits per heavy atom. The van der Waals surface area contributed by atoms with Gasteiger partial charge in [-0.3, -0.25) is 0 Å². The van der Waals surface area contributed by atoms with Crippen molar-refractivity contribution in [3.63, 3.8) is 0 Å². The molecule has 0 saturated heterocycles. The lowest BCUT2D eigenvalue weighted by molar-refractivity contribution is 0.0520. The zero-order chi connectivity index (χ0) is 35.7. The van der Waals surface area contributed by atoms with Crippen molar-refractivity contribution in [2.24, 2.45) is 0 Å². The van der Waals surface area contributed by atoms with Gasteiger partial charge in [-0.1, -0.05) is 112 Å². The summed E-state index contributed by atoms with van der Waals surface area (Å²) < 4.78 is 23.4. The maximum Gasteiger partial charge on any atom is 0.341 e. The first-order valence-electron chi connectivity index (χ1n) is 18.3. The van der Waals surface area contributed by atoms with Crippen molar-refractivity contribution in [3.8, 4) is 22.6 Å². The number of rotatable bonds is 17. The summed E-state index contributed by atoms with van der Waals surface area (Å²) in [6.07, 6.45) is 8.50. The molecule has 0 bridgehead atoms. The summed E-state index contributed by atoms with van der Waals surface area (Å²) in [6, 6.07) is 24.8. The molecule has 4 aromatic carbocycles. The molecule has 0 heterocycles. The molecule has 0 saturated carbocycles. The van der Waals surface area contributed by atoms with Crippen LogP contribution < -0.4 is 9.47 Å². The van der Waals surface area contributed by atoms with E-state index < -0.39 is 17.4 Å². The molecule has 0 atom stereocenters. The zero-order valence-corrected chi connectivity index (χ0v) is 30.7. The molecule has 50 heavy (non-hydrogen) atoms. The molecular formula is C44H52O6. The third kappa shape index (κ3) is 7.45. The highest BCUT2D eigenvalue weighted by Gasteiger charge is 2.47. The van der Waals surface area contributed by atoms with Crippen LogP contribution >= 0.6 is 0 Å². The molecule has 5 rings (SSSR count). The second kappa shape index (κ2) is 16.9. The summed E-state index contributed by atoms with van der Waals surface area (Å²) in [5.41, 5.74) is 8.19. The predicted octanol–water partition coefficient (Wildman–Crippen LogP) is 10.5. The Bertz CT molecular complexity index is 1750. The average molecular weight is 677 g/mol. The van der Waals surface area contributed by atoms with E-state index in [1.807, 2.05) is 31.2 Å². The Kier molecular flexibility index (Phi) is 12.4. The summed E-state index contributed by atoms with van der Waals surface area (Å²) in [5, 5.41) is 0. The Hall–Kier alpha value is -4.58. The minimum atomic E-state index is -0.883. The van der Waals surface area contributed by atoms with Crippen molar-refractivity contribution in [1.29, 1.82) is 0 Å². The minimum absolute atomic E-state index is 0.247. The van der Waals surface area contributed by atoms with Gasteiger partial charge in [0.05, 0.1) is 32.3 Å². The fourth-order valence-corrected chi connectivity index (χ4v) is 7.18. The van der Waals surface area contributed by atoms with Gasteiger partial charge in [0.25, 0.3) is 0 Å². The van der Waals surface area contributed by atoms with E-state index in [4.69, 9.17) is 18.9 Å². The molecule has 0 spiro atoms. The van der Waals surface area contributed by atoms with E-state index in [1.165, 1.54) is 7.11 Å². The highest BCUT2D eigenvalue weighted by atomic mass is 16.5. The molecular weight excluding hydrogens is 624 g/mol. The van der Waals surface area contributed by atoms with Gasteiger partial charge in [-0.25, -0.2) is 9.59 Å². The van der Waals surface area contributed by atoms with E-state index in [0.717, 1.165) is 95.9 Å². The molecule has 6 heteroatoms. The number of hydrogen-bond donors (Lipinski definition) is 0. The monoisotopic (exact) mass is 676 g/mol. The van der Waals surface area contributed by atoms with Crippen LogP contribution in [0.4, 0.5) is 0 Å². The molecule has 1 aliphatic rings. The number of fused-ring (bicyclic) bond motifs is 3. The first-order chi connectivity index (χ1) is 24.3. The van der Waals surface area contributed by atoms with Crippen LogP contribution in [0.25, 0.3) is 11.1 Å². The standard InChI is InChI=1S/C44H52O6/c1-7-10-12-14-24-49-40-22-18-32(28-36(40)42(45)47-6)44(38-26-30(4)16-20-34(38)35-21-17-31(5)27-39(35)44)33-19-23-41(50-25-15-13-11-8-2)37(29-33)43(46)48-9-3/h16-23,26-29H,7-15,24-25H2,1-6H3. The summed E-state index contributed by atoms with van der Waals surface area (Å²) >= 11 is 0. The van der Waals surface area contributed by atoms with Gasteiger partial charge in [0, 0.05) is 0 Å². The van der Waals surface area contributed by atoms with Gasteiger partial charge < -0.3 is 18.9 Å². The smallest absolute Gasteiger partial charge is 0.341 e. The van der Waals surface area contributed by atoms with Crippen LogP contribution in [-0.2, 0) is 14.9 Å². The van der Waals surface area contributed by atoms with Crippen LogP contribution in [0.3, 0.4) is 0 Å². The Morgan fingerprint density at radius 1 is 0.580 bits per heavy atom. The molecule has 0 fully saturated rings. The van der Waals surface area contributed by atoms with Gasteiger partial charge in [-0.15, -0.1) is 0 Å². The summed E-state index contributed by atoms with van der Waals surface area (Å²) in [6.45, 7) is 11.6. The van der Waals surface area contributed by atoms with Crippen LogP contribution in [0.15, 0.2) is 72.8 Å². The molecule has 0 unspecified atom stereocenters. The van der Waals surface area contributed by atoms with E-state index in [9.17, 15) is 9.59 Å². The lowest BCUT2D eigenvalue weighted by Gasteiger charge is -2.35. The van der Waals surface area contributed by atoms with Gasteiger partial charge in [0.2, 0.25) is 0 Å². The van der Waals surface area contributed by atoms with E-state index in [0.29, 0.717) is 35.8 Å². The van der Waals surface area contributed by atoms with Gasteiger partial charge in [-0.05, 0) is 91.3 Å². The van der Waals surface area contributed by atoms with Crippen LogP contribution in [-0.4, -0.2) is 38.9 Å². The Labute approximate surface area is 298 Å². The van der Waals surface area contributed by atoms with Gasteiger partial charge in [0.1, 0.15) is 22.6 Å². The molecule has 0 amide bonds. The fourth-order valence-electron chi connectivity index (χ4n) is 7.18. The molecule has 1 aliphatic carbocycles. The minimum Gasteiger partial charge on any atom is -0.493 e. The largest absolute Gasteiger partial charge is 0.493 e. The normalized spacial score (nSPS) is 12.6. The number of benzene rings is 4. The average Bonchev–Trinajstić information content (AvgIpc) is 3.40. The van der Waals surface area contributed by atoms with Crippen molar-refractivity contribution < 1.29 is 28.5 Å². The third-order valence-corrected chi connectivity index (χ3v) is 9.69. The number of methoxy groups -OCH3 is 1. The van der Waals surface area contributed by atoms with Crippen LogP contribution in [0, 0.1) is 13.8 Å². The number of ether oxygens (including phenoxy) is 4. The number of carbonyl (C=O) groups excluding carboxylic acids is 2. The van der Waals surface area contributed by atoms with Crippen molar-refractivity contribution in [2.45, 2.75) is 91.4 Å². The fraction of sp³-hybridized carbons (Fsp3) is 0.409. The molecule has 0 aliphatic heterocycles. The van der Waals surface area contributed by atoms with Gasteiger partial charge in [0.15, 0.2) is 0 Å². The Balaban J connectivity index is 1.76. The van der Waals surface area contributed by atoms with Crippen molar-refractivity contribution in [2.75, 3.05) is 26.9 Å². The quantitative estimate of drug-likeness (QED) is 0.0721. The van der Waals surface area contributed by atoms with Crippen LogP contribution in [0.2, 0.25) is 0 Å². The Morgan fingerprint density at radius 2 is 1.06 bits per heavy atom. The number of unbranched alkanes of at least 4 members (excludes halogenated alkanes) is 6. The molecule has 6 nitrogen and oxygen atoms in total. The molecule has 0 radical (unpaired) electrons. The highest BCUT2D eigenvalue weighted by Crippen LogP contribution is 2.57. The third-order valence-electron chi connectivity index (χ3n) is 9.69. The predicted molar refractivity (Wildman–Crippen MR) is 200 cm³/mol. The van der Waals surface area contributed by atoms with Crippen LogP contribution in [0.1, 0.15) is 126 Å². The van der Waals surface area contributed by atoms with Crippen molar-refractivity contribution >= 4 is 11.9 Å². The van der Waals surface area contributed by atoms with Crippen LogP contribution in [0.5, 0.6) is 11.5 Å². The maximum atomic E-state index is 13.6. The van der Waals surface area contributed by atoms with Crippen molar-refractivity contribution in [1.82, 2.24) is 0 Å². The lowest BCUT2D eigenvalue weighted by Crippen LogP contribution is -2.30. The summed E-state index contributed by atoms with van der Waals surface area (Å²) in [7, 11) is 1.40. The molecule has 0 aromatic heterocycles. The topological polar surface area (TPSA) is 71.1 Å². The molecule has 264 valence electrons. The lowest BCUT2D eigenvalue weighted by atomic mass is 9.66. The second-order valence-corrected chi connectivity index (χ2v) is 13.3. The summed E-state index contributed by atoms with van der Waals surface area (Å²) in [4.78, 5) is 27.0. The van der Waals surface area contributed by atoms with Crippen molar-refractivity contribution in [3.05, 3.63) is 117 Å². The number of aryl methyl sites for hydroxylation is 2.